The highest BCUT2D eigenvalue weighted by molar-refractivity contribution is 7.26. The Morgan fingerprint density at radius 1 is 0.380 bits per heavy atom. The molecule has 50 heavy (non-hydrogen) atoms. The maximum atomic E-state index is 6.51. The first-order valence-electron chi connectivity index (χ1n) is 16.6. The molecule has 0 radical (unpaired) electrons. The molecule has 0 saturated heterocycles. The lowest BCUT2D eigenvalue weighted by Crippen LogP contribution is -2.00. The van der Waals surface area contributed by atoms with Crippen LogP contribution in [0.2, 0.25) is 0 Å². The Labute approximate surface area is 292 Å². The van der Waals surface area contributed by atoms with E-state index in [2.05, 4.69) is 91.0 Å². The molecule has 234 valence electrons. The standard InChI is InChI=1S/C45H27N3OS/c1-4-14-28(15-5-1)36-26-31(27-38-40(36)33-20-10-11-24-37(33)49-38)32-21-13-25-39-41(32)34-22-12-23-35(42(34)50-39)45-47-43(29-16-6-2-7-17-29)46-44(48-45)30-18-8-3-9-19-30/h1-27H. The topological polar surface area (TPSA) is 51.8 Å². The molecule has 0 unspecified atom stereocenters. The summed E-state index contributed by atoms with van der Waals surface area (Å²) in [5.41, 5.74) is 9.27. The molecule has 0 fully saturated rings. The summed E-state index contributed by atoms with van der Waals surface area (Å²) < 4.78 is 8.86. The largest absolute Gasteiger partial charge is 0.456 e. The van der Waals surface area contributed by atoms with Crippen LogP contribution in [-0.4, -0.2) is 15.0 Å². The van der Waals surface area contributed by atoms with Crippen molar-refractivity contribution in [2.75, 3.05) is 0 Å². The molecule has 0 aliphatic heterocycles. The molecule has 0 aliphatic carbocycles. The lowest BCUT2D eigenvalue weighted by atomic mass is 9.92. The minimum absolute atomic E-state index is 0.654. The van der Waals surface area contributed by atoms with Crippen molar-refractivity contribution in [2.45, 2.75) is 0 Å². The molecule has 10 rings (SSSR count). The number of hydrogen-bond acceptors (Lipinski definition) is 5. The smallest absolute Gasteiger partial charge is 0.165 e. The Hall–Kier alpha value is -6.43. The number of thiophene rings is 1. The van der Waals surface area contributed by atoms with Crippen LogP contribution in [0.4, 0.5) is 0 Å². The van der Waals surface area contributed by atoms with Gasteiger partial charge in [-0.3, -0.25) is 0 Å². The van der Waals surface area contributed by atoms with Gasteiger partial charge in [-0.25, -0.2) is 15.0 Å². The summed E-state index contributed by atoms with van der Waals surface area (Å²) in [7, 11) is 0. The van der Waals surface area contributed by atoms with Gasteiger partial charge in [-0.2, -0.15) is 0 Å². The molecule has 10 aromatic rings. The predicted octanol–water partition coefficient (Wildman–Crippen LogP) is 12.5. The van der Waals surface area contributed by atoms with Crippen LogP contribution in [-0.2, 0) is 0 Å². The Kier molecular flexibility index (Phi) is 6.64. The zero-order valence-corrected chi connectivity index (χ0v) is 27.6. The molecule has 0 bridgehead atoms. The number of nitrogens with zero attached hydrogens (tertiary/aromatic N) is 3. The van der Waals surface area contributed by atoms with Crippen molar-refractivity contribution < 1.29 is 4.42 Å². The minimum Gasteiger partial charge on any atom is -0.456 e. The maximum Gasteiger partial charge on any atom is 0.165 e. The van der Waals surface area contributed by atoms with Crippen LogP contribution >= 0.6 is 11.3 Å². The van der Waals surface area contributed by atoms with Gasteiger partial charge in [0.1, 0.15) is 11.2 Å². The van der Waals surface area contributed by atoms with Gasteiger partial charge in [0, 0.05) is 47.6 Å². The number of fused-ring (bicyclic) bond motifs is 6. The average molecular weight is 658 g/mol. The lowest BCUT2D eigenvalue weighted by Gasteiger charge is -2.10. The summed E-state index contributed by atoms with van der Waals surface area (Å²) in [6, 6.07) is 56.7. The van der Waals surface area contributed by atoms with Gasteiger partial charge in [-0.1, -0.05) is 133 Å². The summed E-state index contributed by atoms with van der Waals surface area (Å²) in [6.07, 6.45) is 0. The Morgan fingerprint density at radius 2 is 0.960 bits per heavy atom. The molecular weight excluding hydrogens is 631 g/mol. The third kappa shape index (κ3) is 4.71. The first-order valence-corrected chi connectivity index (χ1v) is 17.4. The zero-order chi connectivity index (χ0) is 33.0. The Morgan fingerprint density at radius 3 is 1.68 bits per heavy atom. The van der Waals surface area contributed by atoms with Gasteiger partial charge in [0.2, 0.25) is 0 Å². The summed E-state index contributed by atoms with van der Waals surface area (Å²) in [4.78, 5) is 15.1. The van der Waals surface area contributed by atoms with Gasteiger partial charge in [-0.05, 0) is 52.6 Å². The fraction of sp³-hybridized carbons (Fsp3) is 0. The van der Waals surface area contributed by atoms with Crippen molar-refractivity contribution in [2.24, 2.45) is 0 Å². The number of rotatable bonds is 5. The van der Waals surface area contributed by atoms with Crippen molar-refractivity contribution in [3.8, 4) is 56.4 Å². The van der Waals surface area contributed by atoms with Crippen LogP contribution in [0.3, 0.4) is 0 Å². The summed E-state index contributed by atoms with van der Waals surface area (Å²) >= 11 is 1.78. The van der Waals surface area contributed by atoms with Crippen LogP contribution in [0.5, 0.6) is 0 Å². The van der Waals surface area contributed by atoms with Crippen LogP contribution < -0.4 is 0 Å². The lowest BCUT2D eigenvalue weighted by molar-refractivity contribution is 0.669. The first kappa shape index (κ1) is 28.6. The second-order valence-electron chi connectivity index (χ2n) is 12.4. The molecule has 3 heterocycles. The van der Waals surface area contributed by atoms with Crippen molar-refractivity contribution in [3.63, 3.8) is 0 Å². The van der Waals surface area contributed by atoms with E-state index in [0.717, 1.165) is 65.6 Å². The van der Waals surface area contributed by atoms with Gasteiger partial charge in [0.05, 0.1) is 0 Å². The van der Waals surface area contributed by atoms with E-state index in [9.17, 15) is 0 Å². The quantitative estimate of drug-likeness (QED) is 0.185. The minimum atomic E-state index is 0.654. The predicted molar refractivity (Wildman–Crippen MR) is 207 cm³/mol. The Bertz CT molecular complexity index is 2800. The van der Waals surface area contributed by atoms with Gasteiger partial charge in [0.15, 0.2) is 17.5 Å². The van der Waals surface area contributed by atoms with E-state index in [1.165, 1.54) is 15.5 Å². The molecule has 5 heteroatoms. The summed E-state index contributed by atoms with van der Waals surface area (Å²) in [5, 5.41) is 4.65. The van der Waals surface area contributed by atoms with E-state index in [1.54, 1.807) is 11.3 Å². The molecule has 3 aromatic heterocycles. The van der Waals surface area contributed by atoms with E-state index in [0.29, 0.717) is 17.5 Å². The summed E-state index contributed by atoms with van der Waals surface area (Å²) in [5.74, 6) is 1.97. The van der Waals surface area contributed by atoms with Crippen LogP contribution in [0, 0.1) is 0 Å². The molecule has 0 saturated carbocycles. The van der Waals surface area contributed by atoms with Gasteiger partial charge in [-0.15, -0.1) is 11.3 Å². The molecular formula is C45H27N3OS. The number of aromatic nitrogens is 3. The number of furan rings is 1. The third-order valence-electron chi connectivity index (χ3n) is 9.34. The number of benzene rings is 7. The van der Waals surface area contributed by atoms with Gasteiger partial charge in [0.25, 0.3) is 0 Å². The number of hydrogen-bond donors (Lipinski definition) is 0. The number of para-hydroxylation sites is 1. The van der Waals surface area contributed by atoms with Gasteiger partial charge >= 0.3 is 0 Å². The van der Waals surface area contributed by atoms with E-state index in [4.69, 9.17) is 19.4 Å². The van der Waals surface area contributed by atoms with E-state index < -0.39 is 0 Å². The normalized spacial score (nSPS) is 11.6. The monoisotopic (exact) mass is 657 g/mol. The van der Waals surface area contributed by atoms with E-state index in [1.807, 2.05) is 72.8 Å². The SMILES string of the molecule is c1ccc(-c2nc(-c3ccccc3)nc(-c3cccc4c3sc3cccc(-c5cc(-c6ccccc6)c6c(c5)oc5ccccc56)c34)n2)cc1. The van der Waals surface area contributed by atoms with Crippen molar-refractivity contribution >= 4 is 53.4 Å². The molecule has 0 atom stereocenters. The fourth-order valence-electron chi connectivity index (χ4n) is 7.05. The van der Waals surface area contributed by atoms with E-state index in [-0.39, 0.29) is 0 Å². The first-order chi connectivity index (χ1) is 24.8. The van der Waals surface area contributed by atoms with Crippen molar-refractivity contribution in [1.29, 1.82) is 0 Å². The molecule has 4 nitrogen and oxygen atoms in total. The molecule has 0 aliphatic rings. The third-order valence-corrected chi connectivity index (χ3v) is 10.5. The van der Waals surface area contributed by atoms with E-state index >= 15 is 0 Å². The van der Waals surface area contributed by atoms with Crippen LogP contribution in [0.25, 0.3) is 98.5 Å². The highest BCUT2D eigenvalue weighted by Crippen LogP contribution is 2.46. The van der Waals surface area contributed by atoms with Crippen molar-refractivity contribution in [3.05, 3.63) is 164 Å². The summed E-state index contributed by atoms with van der Waals surface area (Å²) in [6.45, 7) is 0. The fourth-order valence-corrected chi connectivity index (χ4v) is 8.29. The molecule has 7 aromatic carbocycles. The van der Waals surface area contributed by atoms with Crippen LogP contribution in [0.1, 0.15) is 0 Å². The molecule has 0 N–H and O–H groups in total. The second kappa shape index (κ2) is 11.6. The second-order valence-corrected chi connectivity index (χ2v) is 13.4. The Balaban J connectivity index is 1.21. The highest BCUT2D eigenvalue weighted by Gasteiger charge is 2.20. The molecule has 0 amide bonds. The average Bonchev–Trinajstić information content (AvgIpc) is 3.77. The van der Waals surface area contributed by atoms with Crippen molar-refractivity contribution in [1.82, 2.24) is 15.0 Å². The van der Waals surface area contributed by atoms with Gasteiger partial charge < -0.3 is 4.42 Å². The molecule has 0 spiro atoms. The van der Waals surface area contributed by atoms with Crippen LogP contribution in [0.15, 0.2) is 168 Å². The highest BCUT2D eigenvalue weighted by atomic mass is 32.1. The maximum absolute atomic E-state index is 6.51. The zero-order valence-electron chi connectivity index (χ0n) is 26.7.